The largest absolute Gasteiger partial charge is 0.214 e. The van der Waals surface area contributed by atoms with Gasteiger partial charge in [-0.15, -0.1) is 5.10 Å². The molecule has 0 saturated carbocycles. The van der Waals surface area contributed by atoms with Crippen LogP contribution < -0.4 is 0 Å². The van der Waals surface area contributed by atoms with Crippen LogP contribution in [-0.2, 0) is 5.75 Å². The molecule has 0 radical (unpaired) electrons. The van der Waals surface area contributed by atoms with Gasteiger partial charge in [0.15, 0.2) is 0 Å². The molecule has 0 atom stereocenters. The van der Waals surface area contributed by atoms with E-state index in [1.54, 1.807) is 12.1 Å². The molecule has 4 nitrogen and oxygen atoms in total. The van der Waals surface area contributed by atoms with Crippen molar-refractivity contribution in [3.63, 3.8) is 0 Å². The third-order valence-electron chi connectivity index (χ3n) is 2.77. The molecular formula is C14H10ClFN4S. The summed E-state index contributed by atoms with van der Waals surface area (Å²) in [6, 6.07) is 13.7. The van der Waals surface area contributed by atoms with E-state index in [4.69, 9.17) is 11.6 Å². The van der Waals surface area contributed by atoms with Crippen LogP contribution in [0.3, 0.4) is 0 Å². The standard InChI is InChI=1S/C14H10ClFN4S/c15-11-6-4-10(5-7-11)9-21-14-17-18-19-20(14)13-3-1-2-12(16)8-13/h1-8H,9H2. The van der Waals surface area contributed by atoms with Crippen LogP contribution in [0, 0.1) is 5.82 Å². The Balaban J connectivity index is 1.78. The van der Waals surface area contributed by atoms with Gasteiger partial charge < -0.3 is 0 Å². The van der Waals surface area contributed by atoms with Crippen molar-refractivity contribution in [2.45, 2.75) is 10.9 Å². The molecule has 21 heavy (non-hydrogen) atoms. The summed E-state index contributed by atoms with van der Waals surface area (Å²) in [6.45, 7) is 0. The maximum Gasteiger partial charge on any atom is 0.214 e. The lowest BCUT2D eigenvalue weighted by molar-refractivity contribution is 0.623. The summed E-state index contributed by atoms with van der Waals surface area (Å²) in [6.07, 6.45) is 0. The molecule has 1 aromatic heterocycles. The zero-order valence-electron chi connectivity index (χ0n) is 10.8. The molecule has 0 saturated heterocycles. The smallest absolute Gasteiger partial charge is 0.207 e. The normalized spacial score (nSPS) is 10.8. The molecule has 3 rings (SSSR count). The molecule has 0 aliphatic heterocycles. The van der Waals surface area contributed by atoms with E-state index in [0.717, 1.165) is 5.56 Å². The number of rotatable bonds is 4. The van der Waals surface area contributed by atoms with Crippen molar-refractivity contribution in [1.29, 1.82) is 0 Å². The van der Waals surface area contributed by atoms with Gasteiger partial charge in [0, 0.05) is 10.8 Å². The zero-order valence-corrected chi connectivity index (χ0v) is 12.4. The molecule has 0 amide bonds. The molecule has 1 heterocycles. The fourth-order valence-corrected chi connectivity index (χ4v) is 2.74. The number of halogens is 2. The average molecular weight is 321 g/mol. The van der Waals surface area contributed by atoms with Crippen LogP contribution in [0.4, 0.5) is 4.39 Å². The van der Waals surface area contributed by atoms with Crippen LogP contribution in [0.25, 0.3) is 5.69 Å². The minimum atomic E-state index is -0.323. The maximum absolute atomic E-state index is 13.3. The summed E-state index contributed by atoms with van der Waals surface area (Å²) in [5.74, 6) is 0.379. The number of nitrogens with zero attached hydrogens (tertiary/aromatic N) is 4. The molecule has 2 aromatic carbocycles. The Morgan fingerprint density at radius 3 is 2.71 bits per heavy atom. The van der Waals surface area contributed by atoms with Gasteiger partial charge in [0.1, 0.15) is 5.82 Å². The van der Waals surface area contributed by atoms with Crippen molar-refractivity contribution in [2.75, 3.05) is 0 Å². The molecule has 0 N–H and O–H groups in total. The van der Waals surface area contributed by atoms with Crippen molar-refractivity contribution >= 4 is 23.4 Å². The molecule has 0 unspecified atom stereocenters. The molecular weight excluding hydrogens is 311 g/mol. The van der Waals surface area contributed by atoms with Gasteiger partial charge in [0.2, 0.25) is 5.16 Å². The van der Waals surface area contributed by atoms with E-state index in [1.807, 2.05) is 24.3 Å². The molecule has 106 valence electrons. The summed E-state index contributed by atoms with van der Waals surface area (Å²) in [7, 11) is 0. The Labute approximate surface area is 129 Å². The van der Waals surface area contributed by atoms with Crippen molar-refractivity contribution in [3.8, 4) is 5.69 Å². The summed E-state index contributed by atoms with van der Waals surface area (Å²) >= 11 is 7.33. The maximum atomic E-state index is 13.3. The average Bonchev–Trinajstić information content (AvgIpc) is 2.95. The van der Waals surface area contributed by atoms with Gasteiger partial charge >= 0.3 is 0 Å². The van der Waals surface area contributed by atoms with Gasteiger partial charge in [-0.25, -0.2) is 4.39 Å². The molecule has 0 spiro atoms. The van der Waals surface area contributed by atoms with Gasteiger partial charge in [-0.2, -0.15) is 4.68 Å². The second-order valence-electron chi connectivity index (χ2n) is 4.27. The van der Waals surface area contributed by atoms with Gasteiger partial charge in [-0.3, -0.25) is 0 Å². The van der Waals surface area contributed by atoms with Crippen LogP contribution in [-0.4, -0.2) is 20.2 Å². The molecule has 0 aliphatic carbocycles. The van der Waals surface area contributed by atoms with E-state index in [-0.39, 0.29) is 5.82 Å². The summed E-state index contributed by atoms with van der Waals surface area (Å²) in [5.41, 5.74) is 1.71. The minimum Gasteiger partial charge on any atom is -0.207 e. The fourth-order valence-electron chi connectivity index (χ4n) is 1.77. The number of tetrazole rings is 1. The lowest BCUT2D eigenvalue weighted by Crippen LogP contribution is -1.99. The number of benzene rings is 2. The number of thioether (sulfide) groups is 1. The lowest BCUT2D eigenvalue weighted by Gasteiger charge is -2.04. The van der Waals surface area contributed by atoms with Crippen molar-refractivity contribution in [2.24, 2.45) is 0 Å². The van der Waals surface area contributed by atoms with Gasteiger partial charge in [-0.1, -0.05) is 41.6 Å². The van der Waals surface area contributed by atoms with Crippen molar-refractivity contribution in [3.05, 3.63) is 64.9 Å². The Hall–Kier alpha value is -1.92. The Morgan fingerprint density at radius 1 is 1.14 bits per heavy atom. The predicted octanol–water partition coefficient (Wildman–Crippen LogP) is 3.75. The summed E-state index contributed by atoms with van der Waals surface area (Å²) < 4.78 is 14.8. The first kappa shape index (κ1) is 14.0. The molecule has 7 heteroatoms. The van der Waals surface area contributed by atoms with Crippen LogP contribution in [0.15, 0.2) is 53.7 Å². The van der Waals surface area contributed by atoms with E-state index in [0.29, 0.717) is 21.6 Å². The Kier molecular flexibility index (Phi) is 4.17. The van der Waals surface area contributed by atoms with E-state index in [1.165, 1.54) is 28.6 Å². The fraction of sp³-hybridized carbons (Fsp3) is 0.0714. The SMILES string of the molecule is Fc1cccc(-n2nnnc2SCc2ccc(Cl)cc2)c1. The third kappa shape index (κ3) is 3.40. The Bertz CT molecular complexity index is 745. The van der Waals surface area contributed by atoms with Crippen LogP contribution >= 0.6 is 23.4 Å². The topological polar surface area (TPSA) is 43.6 Å². The minimum absolute atomic E-state index is 0.323. The number of hydrogen-bond acceptors (Lipinski definition) is 4. The highest BCUT2D eigenvalue weighted by molar-refractivity contribution is 7.98. The first-order valence-electron chi connectivity index (χ1n) is 6.14. The number of aromatic nitrogens is 4. The third-order valence-corrected chi connectivity index (χ3v) is 4.02. The van der Waals surface area contributed by atoms with Crippen molar-refractivity contribution < 1.29 is 4.39 Å². The van der Waals surface area contributed by atoms with Gasteiger partial charge in [0.05, 0.1) is 5.69 Å². The second kappa shape index (κ2) is 6.24. The second-order valence-corrected chi connectivity index (χ2v) is 5.65. The van der Waals surface area contributed by atoms with Crippen molar-refractivity contribution in [1.82, 2.24) is 20.2 Å². The molecule has 0 fully saturated rings. The summed E-state index contributed by atoms with van der Waals surface area (Å²) in [5, 5.41) is 12.8. The van der Waals surface area contributed by atoms with Crippen LogP contribution in [0.2, 0.25) is 5.02 Å². The highest BCUT2D eigenvalue weighted by atomic mass is 35.5. The Morgan fingerprint density at radius 2 is 1.95 bits per heavy atom. The summed E-state index contributed by atoms with van der Waals surface area (Å²) in [4.78, 5) is 0. The van der Waals surface area contributed by atoms with Crippen LogP contribution in [0.5, 0.6) is 0 Å². The molecule has 3 aromatic rings. The van der Waals surface area contributed by atoms with E-state index >= 15 is 0 Å². The number of hydrogen-bond donors (Lipinski definition) is 0. The van der Waals surface area contributed by atoms with E-state index in [2.05, 4.69) is 15.5 Å². The van der Waals surface area contributed by atoms with Gasteiger partial charge in [-0.05, 0) is 46.3 Å². The monoisotopic (exact) mass is 320 g/mol. The van der Waals surface area contributed by atoms with Crippen LogP contribution in [0.1, 0.15) is 5.56 Å². The first-order valence-corrected chi connectivity index (χ1v) is 7.50. The molecule has 0 aliphatic rings. The van der Waals surface area contributed by atoms with Gasteiger partial charge in [0.25, 0.3) is 0 Å². The molecule has 0 bridgehead atoms. The highest BCUT2D eigenvalue weighted by Crippen LogP contribution is 2.23. The van der Waals surface area contributed by atoms with E-state index < -0.39 is 0 Å². The lowest BCUT2D eigenvalue weighted by atomic mass is 10.2. The highest BCUT2D eigenvalue weighted by Gasteiger charge is 2.09. The quantitative estimate of drug-likeness (QED) is 0.687. The first-order chi connectivity index (χ1) is 10.2. The zero-order chi connectivity index (χ0) is 14.7. The van der Waals surface area contributed by atoms with E-state index in [9.17, 15) is 4.39 Å². The predicted molar refractivity (Wildman–Crippen MR) is 80.1 cm³/mol.